The Labute approximate surface area is 163 Å². The predicted molar refractivity (Wildman–Crippen MR) is 102 cm³/mol. The molecule has 0 fully saturated rings. The first-order chi connectivity index (χ1) is 12.8. The van der Waals surface area contributed by atoms with Crippen molar-refractivity contribution in [1.29, 1.82) is 0 Å². The van der Waals surface area contributed by atoms with Crippen LogP contribution in [0.4, 0.5) is 5.82 Å². The van der Waals surface area contributed by atoms with Crippen molar-refractivity contribution in [2.75, 3.05) is 18.6 Å². The van der Waals surface area contributed by atoms with Gasteiger partial charge in [-0.2, -0.15) is 0 Å². The Morgan fingerprint density at radius 3 is 2.85 bits per heavy atom. The van der Waals surface area contributed by atoms with Crippen LogP contribution in [-0.2, 0) is 35.3 Å². The zero-order valence-electron chi connectivity index (χ0n) is 15.7. The molecule has 2 aromatic heterocycles. The van der Waals surface area contributed by atoms with Gasteiger partial charge in [0.15, 0.2) is 0 Å². The number of rotatable bonds is 3. The van der Waals surface area contributed by atoms with Gasteiger partial charge >= 0.3 is 5.97 Å². The Bertz CT molecular complexity index is 948. The summed E-state index contributed by atoms with van der Waals surface area (Å²) in [5.41, 5.74) is 3.99. The predicted octanol–water partition coefficient (Wildman–Crippen LogP) is 3.04. The number of amides is 1. The fraction of sp³-hybridized carbons (Fsp3) is 0.450. The van der Waals surface area contributed by atoms with Crippen LogP contribution in [0.5, 0.6) is 0 Å². The van der Waals surface area contributed by atoms with Crippen LogP contribution >= 0.6 is 11.6 Å². The molecule has 1 amide bonds. The standard InChI is InChI=1S/C20H22ClN3O3/c1-20(2)10-12-8-15-19(26)24(7-6-23(15)16(12)11-20)18-13(9-17(25)27-3)14(21)4-5-22-18/h4-5,8H,6-7,9-11H2,1-3H3. The molecule has 0 radical (unpaired) electrons. The molecule has 7 heteroatoms. The van der Waals surface area contributed by atoms with Crippen LogP contribution in [0.1, 0.15) is 41.2 Å². The molecule has 0 spiro atoms. The molecule has 1 aliphatic carbocycles. The van der Waals surface area contributed by atoms with Crippen LogP contribution in [0.3, 0.4) is 0 Å². The maximum absolute atomic E-state index is 13.2. The maximum atomic E-state index is 13.2. The second-order valence-electron chi connectivity index (χ2n) is 7.98. The largest absolute Gasteiger partial charge is 0.469 e. The zero-order chi connectivity index (χ0) is 19.3. The van der Waals surface area contributed by atoms with E-state index in [-0.39, 0.29) is 17.7 Å². The lowest BCUT2D eigenvalue weighted by Crippen LogP contribution is -2.41. The van der Waals surface area contributed by atoms with Crippen molar-refractivity contribution in [3.8, 4) is 0 Å². The number of anilines is 1. The molecule has 2 aliphatic rings. The fourth-order valence-electron chi connectivity index (χ4n) is 4.18. The number of pyridine rings is 1. The smallest absolute Gasteiger partial charge is 0.310 e. The van der Waals surface area contributed by atoms with Gasteiger partial charge in [-0.1, -0.05) is 25.4 Å². The van der Waals surface area contributed by atoms with Gasteiger partial charge in [0, 0.05) is 35.6 Å². The molecule has 1 aliphatic heterocycles. The van der Waals surface area contributed by atoms with E-state index in [4.69, 9.17) is 16.3 Å². The molecular weight excluding hydrogens is 366 g/mol. The number of ether oxygens (including phenoxy) is 1. The van der Waals surface area contributed by atoms with E-state index in [0.717, 1.165) is 12.8 Å². The average Bonchev–Trinajstić information content (AvgIpc) is 3.09. The van der Waals surface area contributed by atoms with Crippen molar-refractivity contribution in [3.05, 3.63) is 45.9 Å². The molecule has 4 rings (SSSR count). The number of methoxy groups -OCH3 is 1. The zero-order valence-corrected chi connectivity index (χ0v) is 16.5. The Balaban J connectivity index is 1.70. The third-order valence-electron chi connectivity index (χ3n) is 5.41. The van der Waals surface area contributed by atoms with Crippen molar-refractivity contribution in [3.63, 3.8) is 0 Å². The quantitative estimate of drug-likeness (QED) is 0.759. The molecule has 0 atom stereocenters. The normalized spacial score (nSPS) is 17.6. The Morgan fingerprint density at radius 2 is 2.11 bits per heavy atom. The number of esters is 1. The molecule has 0 saturated carbocycles. The van der Waals surface area contributed by atoms with Gasteiger partial charge in [0.25, 0.3) is 5.91 Å². The topological polar surface area (TPSA) is 64.4 Å². The van der Waals surface area contributed by atoms with E-state index in [1.165, 1.54) is 18.4 Å². The van der Waals surface area contributed by atoms with E-state index in [1.807, 2.05) is 6.07 Å². The Hall–Kier alpha value is -2.34. The number of nitrogens with zero attached hydrogens (tertiary/aromatic N) is 3. The summed E-state index contributed by atoms with van der Waals surface area (Å²) in [5.74, 6) is -0.0830. The molecule has 0 N–H and O–H groups in total. The first-order valence-corrected chi connectivity index (χ1v) is 9.42. The highest BCUT2D eigenvalue weighted by molar-refractivity contribution is 6.32. The van der Waals surface area contributed by atoms with Crippen molar-refractivity contribution < 1.29 is 14.3 Å². The summed E-state index contributed by atoms with van der Waals surface area (Å²) in [5, 5.41) is 0.406. The van der Waals surface area contributed by atoms with Gasteiger partial charge < -0.3 is 9.30 Å². The van der Waals surface area contributed by atoms with Gasteiger partial charge in [-0.15, -0.1) is 0 Å². The SMILES string of the molecule is COC(=O)Cc1c(Cl)ccnc1N1CCn2c(cc3c2CC(C)(C)C3)C1=O. The summed E-state index contributed by atoms with van der Waals surface area (Å²) in [6.07, 6.45) is 3.51. The highest BCUT2D eigenvalue weighted by Crippen LogP contribution is 2.39. The van der Waals surface area contributed by atoms with Crippen LogP contribution in [0.15, 0.2) is 18.3 Å². The number of hydrogen-bond donors (Lipinski definition) is 0. The number of hydrogen-bond acceptors (Lipinski definition) is 4. The number of carbonyl (C=O) groups excluding carboxylic acids is 2. The van der Waals surface area contributed by atoms with Crippen LogP contribution < -0.4 is 4.90 Å². The van der Waals surface area contributed by atoms with Gasteiger partial charge in [0.2, 0.25) is 0 Å². The molecule has 27 heavy (non-hydrogen) atoms. The van der Waals surface area contributed by atoms with E-state index in [0.29, 0.717) is 35.2 Å². The summed E-state index contributed by atoms with van der Waals surface area (Å²) in [7, 11) is 1.33. The van der Waals surface area contributed by atoms with Crippen molar-refractivity contribution >= 4 is 29.3 Å². The first-order valence-electron chi connectivity index (χ1n) is 9.04. The fourth-order valence-corrected chi connectivity index (χ4v) is 4.39. The Kier molecular flexibility index (Phi) is 4.26. The lowest BCUT2D eigenvalue weighted by atomic mass is 9.90. The third kappa shape index (κ3) is 3.02. The van der Waals surface area contributed by atoms with Gasteiger partial charge in [-0.3, -0.25) is 14.5 Å². The van der Waals surface area contributed by atoms with E-state index in [9.17, 15) is 9.59 Å². The lowest BCUT2D eigenvalue weighted by molar-refractivity contribution is -0.139. The molecule has 2 aromatic rings. The van der Waals surface area contributed by atoms with Crippen LogP contribution in [0.25, 0.3) is 0 Å². The van der Waals surface area contributed by atoms with E-state index in [1.54, 1.807) is 17.2 Å². The molecule has 0 bridgehead atoms. The van der Waals surface area contributed by atoms with E-state index >= 15 is 0 Å². The summed E-state index contributed by atoms with van der Waals surface area (Å²) in [6, 6.07) is 3.64. The van der Waals surface area contributed by atoms with Gasteiger partial charge in [-0.05, 0) is 36.0 Å². The van der Waals surface area contributed by atoms with Gasteiger partial charge in [0.05, 0.1) is 13.5 Å². The molecule has 0 aromatic carbocycles. The summed E-state index contributed by atoms with van der Waals surface area (Å²) in [6.45, 7) is 5.71. The average molecular weight is 388 g/mol. The van der Waals surface area contributed by atoms with E-state index in [2.05, 4.69) is 23.4 Å². The number of carbonyl (C=O) groups is 2. The Morgan fingerprint density at radius 1 is 1.33 bits per heavy atom. The minimum absolute atomic E-state index is 0.0199. The van der Waals surface area contributed by atoms with Gasteiger partial charge in [-0.25, -0.2) is 4.98 Å². The first kappa shape index (κ1) is 18.0. The monoisotopic (exact) mass is 387 g/mol. The van der Waals surface area contributed by atoms with Crippen molar-refractivity contribution in [2.24, 2.45) is 5.41 Å². The van der Waals surface area contributed by atoms with Crippen molar-refractivity contribution in [2.45, 2.75) is 39.7 Å². The van der Waals surface area contributed by atoms with E-state index < -0.39 is 5.97 Å². The summed E-state index contributed by atoms with van der Waals surface area (Å²) in [4.78, 5) is 31.0. The summed E-state index contributed by atoms with van der Waals surface area (Å²) >= 11 is 6.30. The van der Waals surface area contributed by atoms with Gasteiger partial charge in [0.1, 0.15) is 11.5 Å². The van der Waals surface area contributed by atoms with Crippen LogP contribution in [0.2, 0.25) is 5.02 Å². The molecule has 0 unspecified atom stereocenters. The molecule has 142 valence electrons. The summed E-state index contributed by atoms with van der Waals surface area (Å²) < 4.78 is 6.91. The third-order valence-corrected chi connectivity index (χ3v) is 5.76. The highest BCUT2D eigenvalue weighted by Gasteiger charge is 2.37. The number of fused-ring (bicyclic) bond motifs is 3. The van der Waals surface area contributed by atoms with Crippen LogP contribution in [0, 0.1) is 5.41 Å². The van der Waals surface area contributed by atoms with Crippen molar-refractivity contribution in [1.82, 2.24) is 9.55 Å². The molecule has 3 heterocycles. The maximum Gasteiger partial charge on any atom is 0.310 e. The minimum atomic E-state index is -0.416. The lowest BCUT2D eigenvalue weighted by Gasteiger charge is -2.30. The van der Waals surface area contributed by atoms with Crippen LogP contribution in [-0.4, -0.2) is 35.1 Å². The second-order valence-corrected chi connectivity index (χ2v) is 8.38. The number of halogens is 1. The molecule has 6 nitrogen and oxygen atoms in total. The molecular formula is C20H22ClN3O3. The second kappa shape index (κ2) is 6.37. The number of aromatic nitrogens is 2. The highest BCUT2D eigenvalue weighted by atomic mass is 35.5. The molecule has 0 saturated heterocycles. The minimum Gasteiger partial charge on any atom is -0.469 e.